The minimum atomic E-state index is 0.170. The van der Waals surface area contributed by atoms with E-state index in [4.69, 9.17) is 9.84 Å². The first-order valence-corrected chi connectivity index (χ1v) is 8.00. The second-order valence-electron chi connectivity index (χ2n) is 5.90. The molecule has 3 heteroatoms. The Balaban J connectivity index is 2.35. The number of rotatable bonds is 10. The van der Waals surface area contributed by atoms with Crippen LogP contribution in [0.4, 0.5) is 0 Å². The van der Waals surface area contributed by atoms with Crippen LogP contribution in [0.3, 0.4) is 0 Å². The first-order chi connectivity index (χ1) is 10.6. The van der Waals surface area contributed by atoms with Gasteiger partial charge in [-0.3, -0.25) is 4.79 Å². The topological polar surface area (TPSA) is 46.5 Å². The maximum Gasteiger partial charge on any atom is 0.163 e. The summed E-state index contributed by atoms with van der Waals surface area (Å²) in [6.07, 6.45) is 6.53. The van der Waals surface area contributed by atoms with Crippen LogP contribution in [0.25, 0.3) is 0 Å². The number of ketones is 1. The van der Waals surface area contributed by atoms with Crippen molar-refractivity contribution in [2.75, 3.05) is 13.7 Å². The summed E-state index contributed by atoms with van der Waals surface area (Å²) in [6, 6.07) is 7.27. The van der Waals surface area contributed by atoms with Gasteiger partial charge in [0, 0.05) is 18.6 Å². The van der Waals surface area contributed by atoms with E-state index in [0.29, 0.717) is 12.3 Å². The average Bonchev–Trinajstić information content (AvgIpc) is 2.53. The highest BCUT2D eigenvalue weighted by Gasteiger charge is 2.06. The van der Waals surface area contributed by atoms with Crippen LogP contribution in [0, 0.1) is 5.92 Å². The standard InChI is InChI=1S/C19H28O3/c1-15(5-4-6-16(2)13-14-20)7-12-19(21)17-8-10-18(22-3)11-9-17/h5,8-11,16,20H,4,6-7,12-14H2,1-3H3/b15-5-. The first kappa shape index (κ1) is 18.4. The van der Waals surface area contributed by atoms with Gasteiger partial charge in [-0.2, -0.15) is 0 Å². The number of aliphatic hydroxyl groups is 1. The molecule has 0 fully saturated rings. The van der Waals surface area contributed by atoms with Gasteiger partial charge in [0.15, 0.2) is 5.78 Å². The zero-order valence-corrected chi connectivity index (χ0v) is 14.0. The highest BCUT2D eigenvalue weighted by molar-refractivity contribution is 5.96. The van der Waals surface area contributed by atoms with Gasteiger partial charge in [-0.05, 0) is 62.8 Å². The van der Waals surface area contributed by atoms with Crippen LogP contribution in [0.2, 0.25) is 0 Å². The fraction of sp³-hybridized carbons (Fsp3) is 0.526. The second-order valence-corrected chi connectivity index (χ2v) is 5.90. The number of allylic oxidation sites excluding steroid dienone is 2. The second kappa shape index (κ2) is 10.2. The molecule has 0 saturated carbocycles. The van der Waals surface area contributed by atoms with E-state index in [0.717, 1.165) is 37.0 Å². The van der Waals surface area contributed by atoms with Crippen LogP contribution in [-0.4, -0.2) is 24.6 Å². The van der Waals surface area contributed by atoms with Crippen molar-refractivity contribution in [2.24, 2.45) is 5.92 Å². The molecule has 1 unspecified atom stereocenters. The lowest BCUT2D eigenvalue weighted by molar-refractivity contribution is 0.0982. The number of methoxy groups -OCH3 is 1. The molecule has 0 aromatic heterocycles. The number of hydrogen-bond donors (Lipinski definition) is 1. The predicted octanol–water partition coefficient (Wildman–Crippen LogP) is 4.40. The van der Waals surface area contributed by atoms with E-state index in [9.17, 15) is 4.79 Å². The molecule has 1 rings (SSSR count). The van der Waals surface area contributed by atoms with Gasteiger partial charge in [0.1, 0.15) is 5.75 Å². The lowest BCUT2D eigenvalue weighted by Gasteiger charge is -2.08. The van der Waals surface area contributed by atoms with Gasteiger partial charge in [-0.15, -0.1) is 0 Å². The minimum Gasteiger partial charge on any atom is -0.497 e. The Morgan fingerprint density at radius 1 is 1.23 bits per heavy atom. The lowest BCUT2D eigenvalue weighted by atomic mass is 9.99. The van der Waals surface area contributed by atoms with Gasteiger partial charge in [0.2, 0.25) is 0 Å². The number of carbonyl (C=O) groups excluding carboxylic acids is 1. The molecule has 0 aliphatic rings. The van der Waals surface area contributed by atoms with Gasteiger partial charge in [0.05, 0.1) is 7.11 Å². The molecule has 0 amide bonds. The van der Waals surface area contributed by atoms with Crippen LogP contribution in [-0.2, 0) is 0 Å². The quantitative estimate of drug-likeness (QED) is 0.514. The van der Waals surface area contributed by atoms with Crippen LogP contribution in [0.15, 0.2) is 35.9 Å². The number of aliphatic hydroxyl groups excluding tert-OH is 1. The van der Waals surface area contributed by atoms with Crippen molar-refractivity contribution in [3.63, 3.8) is 0 Å². The van der Waals surface area contributed by atoms with Gasteiger partial charge in [-0.25, -0.2) is 0 Å². The molecule has 0 aliphatic carbocycles. The van der Waals surface area contributed by atoms with Gasteiger partial charge in [0.25, 0.3) is 0 Å². The van der Waals surface area contributed by atoms with Crippen molar-refractivity contribution in [3.8, 4) is 5.75 Å². The number of hydrogen-bond acceptors (Lipinski definition) is 3. The third-order valence-electron chi connectivity index (χ3n) is 3.93. The van der Waals surface area contributed by atoms with E-state index in [-0.39, 0.29) is 12.4 Å². The Bertz CT molecular complexity index is 474. The van der Waals surface area contributed by atoms with Crippen molar-refractivity contribution in [3.05, 3.63) is 41.5 Å². The Morgan fingerprint density at radius 3 is 2.50 bits per heavy atom. The summed E-state index contributed by atoms with van der Waals surface area (Å²) in [5.74, 6) is 1.49. The molecular formula is C19H28O3. The summed E-state index contributed by atoms with van der Waals surface area (Å²) in [7, 11) is 1.62. The molecule has 122 valence electrons. The number of Topliss-reactive ketones (excluding diaryl/α,β-unsaturated/α-hetero) is 1. The van der Waals surface area contributed by atoms with Crippen molar-refractivity contribution in [1.82, 2.24) is 0 Å². The molecule has 0 radical (unpaired) electrons. The largest absolute Gasteiger partial charge is 0.497 e. The van der Waals surface area contributed by atoms with Crippen molar-refractivity contribution < 1.29 is 14.6 Å². The highest BCUT2D eigenvalue weighted by Crippen LogP contribution is 2.16. The van der Waals surface area contributed by atoms with Gasteiger partial charge < -0.3 is 9.84 Å². The zero-order valence-electron chi connectivity index (χ0n) is 14.0. The molecule has 0 aliphatic heterocycles. The van der Waals surface area contributed by atoms with Crippen LogP contribution < -0.4 is 4.74 Å². The molecule has 1 atom stereocenters. The molecule has 0 spiro atoms. The third-order valence-corrected chi connectivity index (χ3v) is 3.93. The van der Waals surface area contributed by atoms with E-state index in [1.54, 1.807) is 7.11 Å². The van der Waals surface area contributed by atoms with E-state index in [2.05, 4.69) is 19.9 Å². The van der Waals surface area contributed by atoms with E-state index in [1.165, 1.54) is 5.57 Å². The first-order valence-electron chi connectivity index (χ1n) is 8.00. The van der Waals surface area contributed by atoms with Crippen molar-refractivity contribution in [2.45, 2.75) is 46.0 Å². The molecule has 0 bridgehead atoms. The van der Waals surface area contributed by atoms with E-state index < -0.39 is 0 Å². The SMILES string of the molecule is COc1ccc(C(=O)CC/C(C)=C\CCC(C)CCO)cc1. The summed E-state index contributed by atoms with van der Waals surface area (Å²) < 4.78 is 5.09. The van der Waals surface area contributed by atoms with Crippen LogP contribution >= 0.6 is 0 Å². The molecule has 0 saturated heterocycles. The average molecular weight is 304 g/mol. The normalized spacial score (nSPS) is 13.0. The summed E-state index contributed by atoms with van der Waals surface area (Å²) in [6.45, 7) is 4.50. The van der Waals surface area contributed by atoms with Gasteiger partial charge in [-0.1, -0.05) is 18.6 Å². The van der Waals surface area contributed by atoms with Crippen molar-refractivity contribution >= 4 is 5.78 Å². The smallest absolute Gasteiger partial charge is 0.163 e. The molecule has 3 nitrogen and oxygen atoms in total. The fourth-order valence-electron chi connectivity index (χ4n) is 2.31. The fourth-order valence-corrected chi connectivity index (χ4v) is 2.31. The summed E-state index contributed by atoms with van der Waals surface area (Å²) in [4.78, 5) is 12.1. The summed E-state index contributed by atoms with van der Waals surface area (Å²) in [5.41, 5.74) is 2.00. The molecular weight excluding hydrogens is 276 g/mol. The Labute approximate surface area is 134 Å². The number of benzene rings is 1. The molecule has 0 heterocycles. The minimum absolute atomic E-state index is 0.170. The van der Waals surface area contributed by atoms with Crippen molar-refractivity contribution in [1.29, 1.82) is 0 Å². The Morgan fingerprint density at radius 2 is 1.91 bits per heavy atom. The number of ether oxygens (including phenoxy) is 1. The molecule has 22 heavy (non-hydrogen) atoms. The number of carbonyl (C=O) groups is 1. The third kappa shape index (κ3) is 6.90. The monoisotopic (exact) mass is 304 g/mol. The van der Waals surface area contributed by atoms with Gasteiger partial charge >= 0.3 is 0 Å². The predicted molar refractivity (Wildman–Crippen MR) is 90.4 cm³/mol. The molecule has 1 aromatic rings. The zero-order chi connectivity index (χ0) is 16.4. The molecule has 1 aromatic carbocycles. The Hall–Kier alpha value is -1.61. The Kier molecular flexibility index (Phi) is 8.53. The summed E-state index contributed by atoms with van der Waals surface area (Å²) >= 11 is 0. The van der Waals surface area contributed by atoms with Crippen LogP contribution in [0.5, 0.6) is 5.75 Å². The molecule has 1 N–H and O–H groups in total. The van der Waals surface area contributed by atoms with E-state index in [1.807, 2.05) is 24.3 Å². The van der Waals surface area contributed by atoms with Crippen LogP contribution in [0.1, 0.15) is 56.3 Å². The van der Waals surface area contributed by atoms with E-state index >= 15 is 0 Å². The maximum absolute atomic E-state index is 12.1. The summed E-state index contributed by atoms with van der Waals surface area (Å²) in [5, 5.41) is 8.87. The maximum atomic E-state index is 12.1. The highest BCUT2D eigenvalue weighted by atomic mass is 16.5. The lowest BCUT2D eigenvalue weighted by Crippen LogP contribution is -1.99.